The van der Waals surface area contributed by atoms with E-state index < -0.39 is 0 Å². The average molecular weight is 471 g/mol. The molecule has 0 spiro atoms. The number of nitrogens with zero attached hydrogens (tertiary/aromatic N) is 4. The van der Waals surface area contributed by atoms with Gasteiger partial charge >= 0.3 is 0 Å². The molecule has 0 N–H and O–H groups in total. The molecule has 2 aromatic heterocycles. The molecular formula is C31H26N4O. The van der Waals surface area contributed by atoms with E-state index in [0.29, 0.717) is 0 Å². The lowest BCUT2D eigenvalue weighted by atomic mass is 10.1. The molecule has 0 bridgehead atoms. The maximum absolute atomic E-state index is 6.26. The molecule has 5 heteroatoms. The molecule has 0 fully saturated rings. The van der Waals surface area contributed by atoms with Gasteiger partial charge in [0.2, 0.25) is 0 Å². The van der Waals surface area contributed by atoms with Gasteiger partial charge in [0.25, 0.3) is 0 Å². The highest BCUT2D eigenvalue weighted by Crippen LogP contribution is 2.45. The van der Waals surface area contributed by atoms with Gasteiger partial charge in [-0.2, -0.15) is 0 Å². The summed E-state index contributed by atoms with van der Waals surface area (Å²) in [7, 11) is 0. The van der Waals surface area contributed by atoms with Crippen molar-refractivity contribution >= 4 is 22.7 Å². The Balaban J connectivity index is 1.30. The molecule has 0 saturated heterocycles. The van der Waals surface area contributed by atoms with Gasteiger partial charge in [0.15, 0.2) is 0 Å². The summed E-state index contributed by atoms with van der Waals surface area (Å²) in [6.07, 6.45) is 3.52. The van der Waals surface area contributed by atoms with E-state index in [1.807, 2.05) is 42.5 Å². The number of ether oxygens (including phenoxy) is 1. The molecule has 0 unspecified atom stereocenters. The number of hydrogen-bond donors (Lipinski definition) is 0. The van der Waals surface area contributed by atoms with Crippen molar-refractivity contribution < 1.29 is 4.74 Å². The third-order valence-electron chi connectivity index (χ3n) is 6.41. The molecular weight excluding hydrogens is 444 g/mol. The van der Waals surface area contributed by atoms with Crippen molar-refractivity contribution in [3.8, 4) is 22.9 Å². The minimum Gasteiger partial charge on any atom is -0.457 e. The van der Waals surface area contributed by atoms with Crippen molar-refractivity contribution in [2.24, 2.45) is 0 Å². The maximum Gasteiger partial charge on any atom is 0.131 e. The van der Waals surface area contributed by atoms with Gasteiger partial charge in [0.05, 0.1) is 22.8 Å². The summed E-state index contributed by atoms with van der Waals surface area (Å²) in [6.45, 7) is 5.04. The van der Waals surface area contributed by atoms with Crippen LogP contribution in [0.15, 0.2) is 109 Å². The first-order valence-corrected chi connectivity index (χ1v) is 12.0. The van der Waals surface area contributed by atoms with Gasteiger partial charge in [-0.3, -0.25) is 9.97 Å². The minimum absolute atomic E-state index is 0.724. The standard InChI is InChI=1S/C31H26N4O/c1-22-13-14-29(23(2)18-22)35-21-34(30-11-3-4-12-31(30)35)24-8-7-9-25(19-24)36-26-15-17-33-28(20-26)27-10-5-6-16-32-27/h3-20H,21H2,1-2H3. The lowest BCUT2D eigenvalue weighted by Crippen LogP contribution is -2.24. The van der Waals surface area contributed by atoms with Crippen LogP contribution in [0.1, 0.15) is 11.1 Å². The molecule has 176 valence electrons. The van der Waals surface area contributed by atoms with Gasteiger partial charge in [-0.05, 0) is 67.9 Å². The van der Waals surface area contributed by atoms with E-state index in [1.54, 1.807) is 12.4 Å². The van der Waals surface area contributed by atoms with Crippen molar-refractivity contribution in [1.82, 2.24) is 9.97 Å². The van der Waals surface area contributed by atoms with Gasteiger partial charge in [-0.25, -0.2) is 0 Å². The normalized spacial score (nSPS) is 12.5. The highest BCUT2D eigenvalue weighted by molar-refractivity contribution is 5.87. The van der Waals surface area contributed by atoms with Crippen LogP contribution in [0.2, 0.25) is 0 Å². The Hall–Kier alpha value is -4.64. The van der Waals surface area contributed by atoms with Crippen molar-refractivity contribution in [1.29, 1.82) is 0 Å². The Bertz CT molecular complexity index is 1530. The Morgan fingerprint density at radius 2 is 1.39 bits per heavy atom. The molecule has 36 heavy (non-hydrogen) atoms. The second-order valence-electron chi connectivity index (χ2n) is 8.97. The number of aryl methyl sites for hydroxylation is 2. The Labute approximate surface area is 211 Å². The van der Waals surface area contributed by atoms with E-state index in [4.69, 9.17) is 4.74 Å². The van der Waals surface area contributed by atoms with Crippen LogP contribution < -0.4 is 14.5 Å². The summed E-state index contributed by atoms with van der Waals surface area (Å²) in [4.78, 5) is 13.6. The zero-order valence-electron chi connectivity index (χ0n) is 20.3. The van der Waals surface area contributed by atoms with E-state index >= 15 is 0 Å². The summed E-state index contributed by atoms with van der Waals surface area (Å²) >= 11 is 0. The fraction of sp³-hybridized carbons (Fsp3) is 0.0968. The summed E-state index contributed by atoms with van der Waals surface area (Å²) in [5.41, 5.74) is 8.81. The van der Waals surface area contributed by atoms with Crippen molar-refractivity contribution in [3.63, 3.8) is 0 Å². The van der Waals surface area contributed by atoms with Crippen LogP contribution in [0.25, 0.3) is 11.4 Å². The van der Waals surface area contributed by atoms with Crippen LogP contribution in [0.4, 0.5) is 22.7 Å². The average Bonchev–Trinajstić information content (AvgIpc) is 3.29. The fourth-order valence-corrected chi connectivity index (χ4v) is 4.73. The molecule has 0 aliphatic carbocycles. The summed E-state index contributed by atoms with van der Waals surface area (Å²) in [6, 6.07) is 33.0. The van der Waals surface area contributed by atoms with E-state index in [9.17, 15) is 0 Å². The van der Waals surface area contributed by atoms with Gasteiger partial charge in [-0.1, -0.05) is 42.0 Å². The Morgan fingerprint density at radius 1 is 0.611 bits per heavy atom. The number of hydrogen-bond acceptors (Lipinski definition) is 5. The molecule has 1 aliphatic heterocycles. The molecule has 5 aromatic rings. The second-order valence-corrected chi connectivity index (χ2v) is 8.97. The topological polar surface area (TPSA) is 41.5 Å². The lowest BCUT2D eigenvalue weighted by Gasteiger charge is -2.24. The molecule has 0 saturated carbocycles. The second kappa shape index (κ2) is 9.19. The third kappa shape index (κ3) is 4.16. The third-order valence-corrected chi connectivity index (χ3v) is 6.41. The highest BCUT2D eigenvalue weighted by Gasteiger charge is 2.28. The highest BCUT2D eigenvalue weighted by atomic mass is 16.5. The Kier molecular flexibility index (Phi) is 5.58. The smallest absolute Gasteiger partial charge is 0.131 e. The van der Waals surface area contributed by atoms with Gasteiger partial charge in [0.1, 0.15) is 18.2 Å². The van der Waals surface area contributed by atoms with Crippen LogP contribution >= 0.6 is 0 Å². The fourth-order valence-electron chi connectivity index (χ4n) is 4.73. The largest absolute Gasteiger partial charge is 0.457 e. The number of rotatable bonds is 5. The first kappa shape index (κ1) is 21.9. The number of para-hydroxylation sites is 2. The number of fused-ring (bicyclic) bond motifs is 1. The monoisotopic (exact) mass is 470 g/mol. The zero-order chi connectivity index (χ0) is 24.5. The van der Waals surface area contributed by atoms with Gasteiger partial charge in [-0.15, -0.1) is 0 Å². The summed E-state index contributed by atoms with van der Waals surface area (Å²) < 4.78 is 6.26. The summed E-state index contributed by atoms with van der Waals surface area (Å²) in [5, 5.41) is 0. The maximum atomic E-state index is 6.26. The zero-order valence-corrected chi connectivity index (χ0v) is 20.3. The van der Waals surface area contributed by atoms with Crippen molar-refractivity contribution in [3.05, 3.63) is 121 Å². The van der Waals surface area contributed by atoms with Gasteiger partial charge < -0.3 is 14.5 Å². The quantitative estimate of drug-likeness (QED) is 0.262. The molecule has 6 rings (SSSR count). The SMILES string of the molecule is Cc1ccc(N2CN(c3cccc(Oc4ccnc(-c5ccccn5)c4)c3)c3ccccc32)c(C)c1. The van der Waals surface area contributed by atoms with Crippen molar-refractivity contribution in [2.45, 2.75) is 13.8 Å². The van der Waals surface area contributed by atoms with Crippen molar-refractivity contribution in [2.75, 3.05) is 16.5 Å². The number of aromatic nitrogens is 2. The van der Waals surface area contributed by atoms with Crippen LogP contribution in [0.3, 0.4) is 0 Å². The van der Waals surface area contributed by atoms with Gasteiger partial charge in [0, 0.05) is 35.9 Å². The Morgan fingerprint density at radius 3 is 2.19 bits per heavy atom. The van der Waals surface area contributed by atoms with Crippen LogP contribution in [0.5, 0.6) is 11.5 Å². The van der Waals surface area contributed by atoms with E-state index in [2.05, 4.69) is 88.2 Å². The molecule has 3 heterocycles. The first-order valence-electron chi connectivity index (χ1n) is 12.0. The number of pyridine rings is 2. The number of anilines is 4. The minimum atomic E-state index is 0.724. The molecule has 0 atom stereocenters. The van der Waals surface area contributed by atoms with E-state index in [0.717, 1.165) is 35.2 Å². The van der Waals surface area contributed by atoms with Crippen LogP contribution in [-0.2, 0) is 0 Å². The molecule has 3 aromatic carbocycles. The molecule has 1 aliphatic rings. The van der Waals surface area contributed by atoms with Crippen LogP contribution in [0, 0.1) is 13.8 Å². The van der Waals surface area contributed by atoms with E-state index in [1.165, 1.54) is 28.2 Å². The predicted octanol–water partition coefficient (Wildman–Crippen LogP) is 7.80. The number of benzene rings is 3. The molecule has 0 radical (unpaired) electrons. The predicted molar refractivity (Wildman–Crippen MR) is 145 cm³/mol. The molecule has 5 nitrogen and oxygen atoms in total. The van der Waals surface area contributed by atoms with E-state index in [-0.39, 0.29) is 0 Å². The summed E-state index contributed by atoms with van der Waals surface area (Å²) in [5.74, 6) is 1.50. The molecule has 0 amide bonds. The lowest BCUT2D eigenvalue weighted by molar-refractivity contribution is 0.482. The van der Waals surface area contributed by atoms with Crippen LogP contribution in [-0.4, -0.2) is 16.6 Å². The first-order chi connectivity index (χ1) is 17.7.